The molecule has 0 aromatic heterocycles. The molecule has 1 spiro atoms. The van der Waals surface area contributed by atoms with Crippen molar-refractivity contribution < 1.29 is 23.9 Å². The zero-order valence-corrected chi connectivity index (χ0v) is 14.7. The lowest BCUT2D eigenvalue weighted by molar-refractivity contribution is -0.188. The van der Waals surface area contributed by atoms with Crippen molar-refractivity contribution in [2.75, 3.05) is 0 Å². The van der Waals surface area contributed by atoms with Crippen LogP contribution in [-0.2, 0) is 23.9 Å². The molecule has 5 rings (SSSR count). The van der Waals surface area contributed by atoms with Crippen LogP contribution in [-0.4, -0.2) is 34.8 Å². The van der Waals surface area contributed by atoms with Gasteiger partial charge in [-0.15, -0.1) is 0 Å². The van der Waals surface area contributed by atoms with Crippen LogP contribution in [0, 0.1) is 23.2 Å². The Morgan fingerprint density at radius 1 is 1.20 bits per heavy atom. The van der Waals surface area contributed by atoms with Gasteiger partial charge in [-0.05, 0) is 56.1 Å². The van der Waals surface area contributed by atoms with Gasteiger partial charge in [0.05, 0.1) is 0 Å². The second-order valence-corrected chi connectivity index (χ2v) is 8.84. The van der Waals surface area contributed by atoms with E-state index in [1.165, 1.54) is 6.92 Å². The number of epoxide rings is 1. The molecule has 4 fully saturated rings. The summed E-state index contributed by atoms with van der Waals surface area (Å²) in [6.07, 6.45) is 7.86. The average Bonchev–Trinajstić information content (AvgIpc) is 3.23. The molecule has 1 heterocycles. The van der Waals surface area contributed by atoms with Crippen molar-refractivity contribution in [1.29, 1.82) is 0 Å². The van der Waals surface area contributed by atoms with Gasteiger partial charge in [-0.25, -0.2) is 0 Å². The van der Waals surface area contributed by atoms with Gasteiger partial charge in [0.1, 0.15) is 11.4 Å². The Labute approximate surface area is 147 Å². The Kier molecular flexibility index (Phi) is 2.91. The number of fused-ring (bicyclic) bond motifs is 4. The maximum Gasteiger partial charge on any atom is 0.303 e. The molecular formula is C20H24O5. The molecule has 134 valence electrons. The van der Waals surface area contributed by atoms with E-state index in [1.54, 1.807) is 6.08 Å². The molecule has 0 N–H and O–H groups in total. The molecule has 1 aliphatic heterocycles. The maximum absolute atomic E-state index is 12.5. The Morgan fingerprint density at radius 2 is 2.00 bits per heavy atom. The molecule has 0 aromatic carbocycles. The zero-order chi connectivity index (χ0) is 17.6. The summed E-state index contributed by atoms with van der Waals surface area (Å²) in [5.41, 5.74) is -1.73. The van der Waals surface area contributed by atoms with Crippen molar-refractivity contribution in [2.45, 2.75) is 69.7 Å². The van der Waals surface area contributed by atoms with Crippen molar-refractivity contribution in [3.8, 4) is 0 Å². The molecule has 7 atom stereocenters. The Morgan fingerprint density at radius 3 is 2.76 bits per heavy atom. The Bertz CT molecular complexity index is 726. The predicted molar refractivity (Wildman–Crippen MR) is 87.5 cm³/mol. The first kappa shape index (κ1) is 15.7. The highest BCUT2D eigenvalue weighted by atomic mass is 16.7. The summed E-state index contributed by atoms with van der Waals surface area (Å²) in [5.74, 6) is 0.878. The molecule has 3 saturated carbocycles. The van der Waals surface area contributed by atoms with Gasteiger partial charge in [0.15, 0.2) is 17.5 Å². The summed E-state index contributed by atoms with van der Waals surface area (Å²) in [5, 5.41) is 0. The number of ether oxygens (including phenoxy) is 2. The fraction of sp³-hybridized carbons (Fsp3) is 0.750. The van der Waals surface area contributed by atoms with Crippen molar-refractivity contribution in [1.82, 2.24) is 0 Å². The number of hydrogen-bond donors (Lipinski definition) is 0. The third kappa shape index (κ3) is 1.71. The van der Waals surface area contributed by atoms with Crippen LogP contribution in [0.1, 0.15) is 52.4 Å². The summed E-state index contributed by atoms with van der Waals surface area (Å²) >= 11 is 0. The van der Waals surface area contributed by atoms with Gasteiger partial charge in [0, 0.05) is 24.7 Å². The fourth-order valence-corrected chi connectivity index (χ4v) is 6.83. The highest BCUT2D eigenvalue weighted by molar-refractivity contribution is 5.99. The van der Waals surface area contributed by atoms with Crippen LogP contribution in [0.5, 0.6) is 0 Å². The van der Waals surface area contributed by atoms with Gasteiger partial charge >= 0.3 is 5.97 Å². The van der Waals surface area contributed by atoms with Crippen molar-refractivity contribution >= 4 is 17.5 Å². The number of Topliss-reactive ketones (excluding diaryl/α,β-unsaturated/α-hetero) is 1. The first-order valence-electron chi connectivity index (χ1n) is 9.48. The maximum atomic E-state index is 12.5. The Balaban J connectivity index is 1.60. The molecule has 5 heteroatoms. The standard InChI is InChI=1S/C20H24O5/c1-11(21)24-19-10-7-15(22)17-20(19,25-17)9-5-12-13-3-4-16(23)18(13,2)8-6-14(12)19/h7,10,12-14,17H,3-6,8-9H2,1-2H3/t12?,13?,14?,17-,18-,19-,20-/m0/s1. The van der Waals surface area contributed by atoms with E-state index in [-0.39, 0.29) is 23.1 Å². The second kappa shape index (κ2) is 4.61. The number of esters is 1. The number of carbonyl (C=O) groups is 3. The lowest BCUT2D eigenvalue weighted by Crippen LogP contribution is -2.64. The zero-order valence-electron chi connectivity index (χ0n) is 14.7. The number of carbonyl (C=O) groups excluding carboxylic acids is 3. The van der Waals surface area contributed by atoms with E-state index in [2.05, 4.69) is 6.92 Å². The molecule has 1 saturated heterocycles. The van der Waals surface area contributed by atoms with Crippen LogP contribution in [0.3, 0.4) is 0 Å². The smallest absolute Gasteiger partial charge is 0.303 e. The lowest BCUT2D eigenvalue weighted by Gasteiger charge is -2.56. The van der Waals surface area contributed by atoms with E-state index >= 15 is 0 Å². The van der Waals surface area contributed by atoms with Gasteiger partial charge < -0.3 is 9.47 Å². The van der Waals surface area contributed by atoms with Crippen LogP contribution in [0.2, 0.25) is 0 Å². The van der Waals surface area contributed by atoms with Crippen LogP contribution in [0.15, 0.2) is 12.2 Å². The minimum absolute atomic E-state index is 0.0158. The SMILES string of the molecule is CC(=O)O[C@]12C=CC(=O)[C@@H]3O[C@@]31CCC1C2CC[C@]2(C)C(=O)CCC12. The normalized spacial score (nSPS) is 52.7. The molecule has 25 heavy (non-hydrogen) atoms. The first-order valence-corrected chi connectivity index (χ1v) is 9.48. The summed E-state index contributed by atoms with van der Waals surface area (Å²) in [7, 11) is 0. The van der Waals surface area contributed by atoms with Crippen molar-refractivity contribution in [2.24, 2.45) is 23.2 Å². The van der Waals surface area contributed by atoms with E-state index in [0.717, 1.165) is 32.1 Å². The van der Waals surface area contributed by atoms with E-state index < -0.39 is 17.3 Å². The van der Waals surface area contributed by atoms with Crippen LogP contribution in [0.25, 0.3) is 0 Å². The van der Waals surface area contributed by atoms with E-state index in [9.17, 15) is 14.4 Å². The summed E-state index contributed by atoms with van der Waals surface area (Å²) in [6.45, 7) is 3.56. The van der Waals surface area contributed by atoms with Crippen LogP contribution < -0.4 is 0 Å². The molecule has 3 unspecified atom stereocenters. The van der Waals surface area contributed by atoms with Gasteiger partial charge in [-0.1, -0.05) is 6.92 Å². The summed E-state index contributed by atoms with van der Waals surface area (Å²) in [6, 6.07) is 0. The molecule has 0 amide bonds. The topological polar surface area (TPSA) is 73.0 Å². The number of ketones is 2. The van der Waals surface area contributed by atoms with Gasteiger partial charge in [-0.3, -0.25) is 14.4 Å². The molecule has 5 nitrogen and oxygen atoms in total. The third-order valence-electron chi connectivity index (χ3n) is 7.97. The van der Waals surface area contributed by atoms with Gasteiger partial charge in [0.2, 0.25) is 0 Å². The quantitative estimate of drug-likeness (QED) is 0.539. The van der Waals surface area contributed by atoms with E-state index in [1.807, 2.05) is 6.08 Å². The highest BCUT2D eigenvalue weighted by Crippen LogP contribution is 2.68. The summed E-state index contributed by atoms with van der Waals surface area (Å²) < 4.78 is 11.9. The predicted octanol–water partition coefficient (Wildman–Crippen LogP) is 2.37. The molecule has 5 aliphatic rings. The van der Waals surface area contributed by atoms with Gasteiger partial charge in [0.25, 0.3) is 0 Å². The molecule has 0 bridgehead atoms. The van der Waals surface area contributed by atoms with Crippen LogP contribution in [0.4, 0.5) is 0 Å². The highest BCUT2D eigenvalue weighted by Gasteiger charge is 2.79. The van der Waals surface area contributed by atoms with Crippen LogP contribution >= 0.6 is 0 Å². The minimum Gasteiger partial charge on any atom is -0.451 e. The number of hydrogen-bond acceptors (Lipinski definition) is 5. The first-order chi connectivity index (χ1) is 11.8. The second-order valence-electron chi connectivity index (χ2n) is 8.84. The lowest BCUT2D eigenvalue weighted by atomic mass is 9.49. The van der Waals surface area contributed by atoms with Crippen molar-refractivity contribution in [3.63, 3.8) is 0 Å². The monoisotopic (exact) mass is 344 g/mol. The van der Waals surface area contributed by atoms with E-state index in [4.69, 9.17) is 9.47 Å². The largest absolute Gasteiger partial charge is 0.451 e. The average molecular weight is 344 g/mol. The van der Waals surface area contributed by atoms with Gasteiger partial charge in [-0.2, -0.15) is 0 Å². The number of rotatable bonds is 1. The molecule has 4 aliphatic carbocycles. The van der Waals surface area contributed by atoms with E-state index in [0.29, 0.717) is 24.0 Å². The molecular weight excluding hydrogens is 320 g/mol. The summed E-state index contributed by atoms with van der Waals surface area (Å²) in [4.78, 5) is 36.6. The Hall–Kier alpha value is -1.49. The fourth-order valence-electron chi connectivity index (χ4n) is 6.83. The third-order valence-corrected chi connectivity index (χ3v) is 7.97. The minimum atomic E-state index is -0.840. The molecule has 0 radical (unpaired) electrons. The van der Waals surface area contributed by atoms with Crippen molar-refractivity contribution in [3.05, 3.63) is 12.2 Å². The molecule has 0 aromatic rings.